The third-order valence-electron chi connectivity index (χ3n) is 5.91. The van der Waals surface area contributed by atoms with Gasteiger partial charge < -0.3 is 20.5 Å². The standard InChI is InChI=1S/C24H34N6O2/c1-5-12-30-13-10-24(16-25,11-14-30)29-21(31)19(15-23(2,3)4)26-20-17-8-6-7-9-18(17)27-22(32)28-20/h6-9,19H,5,10-15H2,1-4H3,(H,29,31)(H2,26,27,28,32). The summed E-state index contributed by atoms with van der Waals surface area (Å²) < 4.78 is 0. The molecule has 0 radical (unpaired) electrons. The number of para-hydroxylation sites is 1. The van der Waals surface area contributed by atoms with Gasteiger partial charge >= 0.3 is 5.69 Å². The molecule has 0 saturated carbocycles. The smallest absolute Gasteiger partial charge is 0.347 e. The summed E-state index contributed by atoms with van der Waals surface area (Å²) in [5.74, 6) is 0.133. The lowest BCUT2D eigenvalue weighted by Crippen LogP contribution is -2.57. The van der Waals surface area contributed by atoms with E-state index in [0.29, 0.717) is 30.6 Å². The van der Waals surface area contributed by atoms with Crippen molar-refractivity contribution in [3.63, 3.8) is 0 Å². The quantitative estimate of drug-likeness (QED) is 0.612. The highest BCUT2D eigenvalue weighted by atomic mass is 16.2. The summed E-state index contributed by atoms with van der Waals surface area (Å²) in [5, 5.41) is 16.9. The molecule has 3 N–H and O–H groups in total. The molecule has 0 spiro atoms. The van der Waals surface area contributed by atoms with E-state index in [1.54, 1.807) is 6.07 Å². The minimum atomic E-state index is -0.872. The molecule has 1 aromatic heterocycles. The van der Waals surface area contributed by atoms with E-state index in [0.717, 1.165) is 31.4 Å². The Morgan fingerprint density at radius 1 is 1.31 bits per heavy atom. The molecular formula is C24H34N6O2. The zero-order valence-corrected chi connectivity index (χ0v) is 19.5. The lowest BCUT2D eigenvalue weighted by Gasteiger charge is -2.39. The number of carbonyl (C=O) groups excluding carboxylic acids is 1. The molecule has 1 amide bonds. The Balaban J connectivity index is 1.84. The molecule has 1 atom stereocenters. The fourth-order valence-corrected chi connectivity index (χ4v) is 4.26. The predicted molar refractivity (Wildman–Crippen MR) is 126 cm³/mol. The molecule has 1 unspecified atom stereocenters. The van der Waals surface area contributed by atoms with Gasteiger partial charge in [-0.25, -0.2) is 4.79 Å². The molecule has 1 aromatic carbocycles. The van der Waals surface area contributed by atoms with Crippen molar-refractivity contribution in [1.29, 1.82) is 5.26 Å². The van der Waals surface area contributed by atoms with Crippen LogP contribution in [0.25, 0.3) is 10.9 Å². The normalized spacial score (nSPS) is 17.5. The highest BCUT2D eigenvalue weighted by Gasteiger charge is 2.38. The Labute approximate surface area is 189 Å². The van der Waals surface area contributed by atoms with E-state index in [1.807, 2.05) is 18.2 Å². The molecule has 1 fully saturated rings. The number of aromatic nitrogens is 2. The average molecular weight is 439 g/mol. The maximum atomic E-state index is 13.4. The number of hydrogen-bond acceptors (Lipinski definition) is 6. The number of piperidine rings is 1. The molecule has 0 aliphatic carbocycles. The van der Waals surface area contributed by atoms with Crippen LogP contribution in [0.4, 0.5) is 5.82 Å². The molecule has 8 heteroatoms. The van der Waals surface area contributed by atoms with Crippen molar-refractivity contribution in [2.45, 2.75) is 65.0 Å². The lowest BCUT2D eigenvalue weighted by atomic mass is 9.85. The number of carbonyl (C=O) groups is 1. The monoisotopic (exact) mass is 438 g/mol. The van der Waals surface area contributed by atoms with Crippen LogP contribution in [0.5, 0.6) is 0 Å². The second-order valence-electron chi connectivity index (χ2n) is 9.92. The van der Waals surface area contributed by atoms with Gasteiger partial charge in [0.15, 0.2) is 0 Å². The largest absolute Gasteiger partial charge is 0.358 e. The average Bonchev–Trinajstić information content (AvgIpc) is 2.74. The van der Waals surface area contributed by atoms with Gasteiger partial charge in [0.25, 0.3) is 0 Å². The summed E-state index contributed by atoms with van der Waals surface area (Å²) >= 11 is 0. The predicted octanol–water partition coefficient (Wildman–Crippen LogP) is 3.02. The van der Waals surface area contributed by atoms with E-state index in [-0.39, 0.29) is 11.3 Å². The second kappa shape index (κ2) is 9.70. The summed E-state index contributed by atoms with van der Waals surface area (Å²) in [6, 6.07) is 9.10. The number of nitrogens with one attached hydrogen (secondary N) is 3. The van der Waals surface area contributed by atoms with E-state index < -0.39 is 17.3 Å². The van der Waals surface area contributed by atoms with Crippen molar-refractivity contribution in [1.82, 2.24) is 20.2 Å². The zero-order chi connectivity index (χ0) is 23.4. The van der Waals surface area contributed by atoms with Gasteiger partial charge in [0.05, 0.1) is 11.6 Å². The number of H-pyrrole nitrogens is 1. The number of fused-ring (bicyclic) bond motifs is 1. The molecule has 3 rings (SSSR count). The summed E-state index contributed by atoms with van der Waals surface area (Å²) in [7, 11) is 0. The number of aromatic amines is 1. The number of anilines is 1. The number of hydrogen-bond donors (Lipinski definition) is 3. The Bertz CT molecular complexity index is 1040. The first-order chi connectivity index (χ1) is 15.1. The van der Waals surface area contributed by atoms with Crippen LogP contribution >= 0.6 is 0 Å². The Morgan fingerprint density at radius 3 is 2.62 bits per heavy atom. The van der Waals surface area contributed by atoms with E-state index in [1.165, 1.54) is 0 Å². The van der Waals surface area contributed by atoms with Crippen molar-refractivity contribution in [2.24, 2.45) is 5.41 Å². The van der Waals surface area contributed by atoms with Gasteiger partial charge in [0.2, 0.25) is 5.91 Å². The van der Waals surface area contributed by atoms with Crippen LogP contribution in [0.3, 0.4) is 0 Å². The lowest BCUT2D eigenvalue weighted by molar-refractivity contribution is -0.124. The number of rotatable bonds is 7. The van der Waals surface area contributed by atoms with Gasteiger partial charge in [-0.15, -0.1) is 0 Å². The van der Waals surface area contributed by atoms with E-state index in [4.69, 9.17) is 0 Å². The zero-order valence-electron chi connectivity index (χ0n) is 19.5. The van der Waals surface area contributed by atoms with Gasteiger partial charge in [-0.3, -0.25) is 4.79 Å². The topological polar surface area (TPSA) is 114 Å². The summed E-state index contributed by atoms with van der Waals surface area (Å²) in [6.45, 7) is 10.9. The number of nitrogens with zero attached hydrogens (tertiary/aromatic N) is 3. The van der Waals surface area contributed by atoms with Crippen molar-refractivity contribution in [2.75, 3.05) is 25.0 Å². The highest BCUT2D eigenvalue weighted by Crippen LogP contribution is 2.27. The van der Waals surface area contributed by atoms with Crippen molar-refractivity contribution >= 4 is 22.6 Å². The van der Waals surface area contributed by atoms with Crippen LogP contribution in [0, 0.1) is 16.7 Å². The van der Waals surface area contributed by atoms with Crippen LogP contribution in [0.15, 0.2) is 29.1 Å². The minimum Gasteiger partial charge on any atom is -0.358 e. The van der Waals surface area contributed by atoms with Crippen LogP contribution < -0.4 is 16.3 Å². The van der Waals surface area contributed by atoms with Gasteiger partial charge in [0.1, 0.15) is 17.4 Å². The molecule has 2 aromatic rings. The van der Waals surface area contributed by atoms with Gasteiger partial charge in [-0.2, -0.15) is 10.2 Å². The molecule has 0 bridgehead atoms. The second-order valence-corrected chi connectivity index (χ2v) is 9.92. The molecule has 172 valence electrons. The first-order valence-corrected chi connectivity index (χ1v) is 11.4. The van der Waals surface area contributed by atoms with Crippen LogP contribution in [0.1, 0.15) is 53.4 Å². The Kier molecular flexibility index (Phi) is 7.19. The minimum absolute atomic E-state index is 0.156. The Hall–Kier alpha value is -2.92. The molecule has 8 nitrogen and oxygen atoms in total. The van der Waals surface area contributed by atoms with Gasteiger partial charge in [0, 0.05) is 18.5 Å². The van der Waals surface area contributed by atoms with Gasteiger partial charge in [-0.05, 0) is 49.8 Å². The SMILES string of the molecule is CCCN1CCC(C#N)(NC(=O)C(CC(C)(C)C)Nc2nc(=O)[nH]c3ccccc23)CC1. The molecule has 1 saturated heterocycles. The molecule has 32 heavy (non-hydrogen) atoms. The van der Waals surface area contributed by atoms with Crippen molar-refractivity contribution in [3.8, 4) is 6.07 Å². The Morgan fingerprint density at radius 2 is 2.00 bits per heavy atom. The summed E-state index contributed by atoms with van der Waals surface area (Å²) in [5.41, 5.74) is -0.848. The van der Waals surface area contributed by atoms with Gasteiger partial charge in [-0.1, -0.05) is 39.8 Å². The van der Waals surface area contributed by atoms with Crippen LogP contribution in [-0.4, -0.2) is 52.0 Å². The molecule has 1 aliphatic rings. The molecule has 2 heterocycles. The third-order valence-corrected chi connectivity index (χ3v) is 5.91. The third kappa shape index (κ3) is 5.86. The first-order valence-electron chi connectivity index (χ1n) is 11.4. The van der Waals surface area contributed by atoms with Crippen LogP contribution in [0.2, 0.25) is 0 Å². The van der Waals surface area contributed by atoms with Crippen LogP contribution in [-0.2, 0) is 4.79 Å². The van der Waals surface area contributed by atoms with E-state index in [9.17, 15) is 14.9 Å². The fraction of sp³-hybridized carbons (Fsp3) is 0.583. The van der Waals surface area contributed by atoms with E-state index >= 15 is 0 Å². The van der Waals surface area contributed by atoms with Crippen molar-refractivity contribution in [3.05, 3.63) is 34.7 Å². The maximum Gasteiger partial charge on any atom is 0.347 e. The number of amides is 1. The first kappa shape index (κ1) is 23.7. The number of likely N-dealkylation sites (tertiary alicyclic amines) is 1. The molecule has 1 aliphatic heterocycles. The highest BCUT2D eigenvalue weighted by molar-refractivity contribution is 5.92. The number of benzene rings is 1. The van der Waals surface area contributed by atoms with Crippen molar-refractivity contribution < 1.29 is 4.79 Å². The summed E-state index contributed by atoms with van der Waals surface area (Å²) in [4.78, 5) is 34.7. The molecular weight excluding hydrogens is 404 g/mol. The maximum absolute atomic E-state index is 13.4. The number of nitriles is 1. The summed E-state index contributed by atoms with van der Waals surface area (Å²) in [6.07, 6.45) is 2.79. The fourth-order valence-electron chi connectivity index (χ4n) is 4.26. The van der Waals surface area contributed by atoms with E-state index in [2.05, 4.69) is 59.3 Å².